The zero-order valence-corrected chi connectivity index (χ0v) is 17.6. The molecule has 2 fully saturated rings. The molecule has 1 aromatic heterocycles. The highest BCUT2D eigenvalue weighted by Gasteiger charge is 2.51. The van der Waals surface area contributed by atoms with Crippen LogP contribution in [-0.4, -0.2) is 78.9 Å². The second-order valence-electron chi connectivity index (χ2n) is 7.76. The van der Waals surface area contributed by atoms with Crippen molar-refractivity contribution >= 4 is 11.7 Å². The molecule has 0 saturated carbocycles. The largest absolute Gasteiger partial charge is 0.497 e. The highest BCUT2D eigenvalue weighted by Crippen LogP contribution is 2.31. The number of aliphatic hydroxyl groups is 1. The number of aromatic nitrogens is 1. The third kappa shape index (κ3) is 4.96. The predicted molar refractivity (Wildman–Crippen MR) is 114 cm³/mol. The highest BCUT2D eigenvalue weighted by atomic mass is 16.7. The molecular weight excluding hydrogens is 400 g/mol. The van der Waals surface area contributed by atoms with E-state index in [-0.39, 0.29) is 0 Å². The van der Waals surface area contributed by atoms with Crippen LogP contribution < -0.4 is 15.4 Å². The number of carbonyl (C=O) groups excluding carboxylic acids is 1. The fraction of sp³-hybridized carbons (Fsp3) is 0.455. The Morgan fingerprint density at radius 1 is 1.29 bits per heavy atom. The van der Waals surface area contributed by atoms with Gasteiger partial charge in [-0.15, -0.1) is 0 Å². The number of urea groups is 1. The topological polar surface area (TPSA) is 105 Å². The molecule has 0 spiro atoms. The quantitative estimate of drug-likeness (QED) is 0.609. The lowest BCUT2D eigenvalue weighted by Crippen LogP contribution is -2.65. The Kier molecular flexibility index (Phi) is 6.67. The number of nitrogens with one attached hydrogen (secondary N) is 2. The van der Waals surface area contributed by atoms with Crippen molar-refractivity contribution in [2.24, 2.45) is 0 Å². The number of hydrogen-bond donors (Lipinski definition) is 3. The Morgan fingerprint density at radius 2 is 2.10 bits per heavy atom. The van der Waals surface area contributed by atoms with Crippen molar-refractivity contribution in [1.29, 1.82) is 0 Å². The number of rotatable bonds is 7. The van der Waals surface area contributed by atoms with E-state index in [1.165, 1.54) is 0 Å². The minimum atomic E-state index is -0.846. The van der Waals surface area contributed by atoms with Crippen molar-refractivity contribution in [3.05, 3.63) is 54.4 Å². The number of aliphatic hydroxyl groups excluding tert-OH is 1. The number of fused-ring (bicyclic) bond motifs is 2. The number of benzene rings is 1. The second-order valence-corrected chi connectivity index (χ2v) is 7.76. The van der Waals surface area contributed by atoms with E-state index in [4.69, 9.17) is 14.2 Å². The van der Waals surface area contributed by atoms with Crippen molar-refractivity contribution in [1.82, 2.24) is 15.2 Å². The number of pyridine rings is 1. The van der Waals surface area contributed by atoms with Crippen LogP contribution >= 0.6 is 0 Å². The van der Waals surface area contributed by atoms with Gasteiger partial charge >= 0.3 is 6.03 Å². The summed E-state index contributed by atoms with van der Waals surface area (Å²) in [6.45, 7) is 0.983. The standard InChI is InChI=1S/C22H28N4O5/c1-26(12-10-14-5-3-4-11-23-14)19-20(27)18(17-13-30-21(19)31-17)25-22(28)24-15-6-8-16(29-2)9-7-15/h3-9,11,17-21,27H,10,12-13H2,1-2H3,(H2,24,25,28)/t17-,18-,19-,20+,21-/m1/s1. The van der Waals surface area contributed by atoms with E-state index in [9.17, 15) is 9.90 Å². The Labute approximate surface area is 181 Å². The van der Waals surface area contributed by atoms with Crippen LogP contribution in [0.25, 0.3) is 0 Å². The van der Waals surface area contributed by atoms with Gasteiger partial charge in [-0.05, 0) is 43.4 Å². The summed E-state index contributed by atoms with van der Waals surface area (Å²) in [6, 6.07) is 11.4. The maximum Gasteiger partial charge on any atom is 0.319 e. The van der Waals surface area contributed by atoms with Crippen LogP contribution in [0.15, 0.2) is 48.7 Å². The highest BCUT2D eigenvalue weighted by molar-refractivity contribution is 5.89. The summed E-state index contributed by atoms with van der Waals surface area (Å²) in [6.07, 6.45) is 0.715. The molecule has 2 saturated heterocycles. The summed E-state index contributed by atoms with van der Waals surface area (Å²) in [4.78, 5) is 18.9. The number of hydrogen-bond acceptors (Lipinski definition) is 7. The summed E-state index contributed by atoms with van der Waals surface area (Å²) in [7, 11) is 3.50. The van der Waals surface area contributed by atoms with E-state index in [0.29, 0.717) is 24.6 Å². The molecule has 2 aromatic rings. The number of amides is 2. The summed E-state index contributed by atoms with van der Waals surface area (Å²) < 4.78 is 16.8. The first-order chi connectivity index (χ1) is 15.0. The van der Waals surface area contributed by atoms with Gasteiger partial charge in [0.15, 0.2) is 6.29 Å². The molecule has 4 rings (SSSR count). The molecule has 3 N–H and O–H groups in total. The molecule has 0 aliphatic carbocycles. The minimum absolute atomic E-state index is 0.319. The van der Waals surface area contributed by atoms with E-state index in [2.05, 4.69) is 15.6 Å². The van der Waals surface area contributed by atoms with E-state index in [1.54, 1.807) is 37.6 Å². The van der Waals surface area contributed by atoms with E-state index in [1.807, 2.05) is 30.1 Å². The first kappa shape index (κ1) is 21.5. The number of anilines is 1. The zero-order valence-electron chi connectivity index (χ0n) is 17.6. The lowest BCUT2D eigenvalue weighted by atomic mass is 9.95. The normalized spacial score (nSPS) is 27.2. The summed E-state index contributed by atoms with van der Waals surface area (Å²) in [5.74, 6) is 0.702. The number of nitrogens with zero attached hydrogens (tertiary/aromatic N) is 2. The average molecular weight is 428 g/mol. The SMILES string of the molecule is COc1ccc(NC(=O)N[C@H]2[C@H](O)[C@@H](N(C)CCc3ccccn3)[C@@H]3OC[C@H]2O3)cc1. The van der Waals surface area contributed by atoms with Crippen molar-refractivity contribution in [3.8, 4) is 5.75 Å². The molecule has 9 nitrogen and oxygen atoms in total. The molecule has 2 amide bonds. The number of methoxy groups -OCH3 is 1. The monoisotopic (exact) mass is 428 g/mol. The van der Waals surface area contributed by atoms with Gasteiger partial charge in [0, 0.05) is 30.5 Å². The third-order valence-corrected chi connectivity index (χ3v) is 5.73. The van der Waals surface area contributed by atoms with Crippen molar-refractivity contribution in [2.45, 2.75) is 37.0 Å². The van der Waals surface area contributed by atoms with Gasteiger partial charge in [0.1, 0.15) is 11.9 Å². The fourth-order valence-electron chi connectivity index (χ4n) is 4.03. The van der Waals surface area contributed by atoms with Crippen LogP contribution in [-0.2, 0) is 15.9 Å². The van der Waals surface area contributed by atoms with Gasteiger partial charge in [-0.1, -0.05) is 6.07 Å². The first-order valence-corrected chi connectivity index (χ1v) is 10.3. The smallest absolute Gasteiger partial charge is 0.319 e. The number of likely N-dealkylation sites (N-methyl/N-ethyl adjacent to an activating group) is 1. The average Bonchev–Trinajstić information content (AvgIpc) is 3.21. The van der Waals surface area contributed by atoms with Crippen LogP contribution in [0.3, 0.4) is 0 Å². The van der Waals surface area contributed by atoms with Gasteiger partial charge in [0.05, 0.1) is 31.9 Å². The fourth-order valence-corrected chi connectivity index (χ4v) is 4.03. The molecule has 9 heteroatoms. The van der Waals surface area contributed by atoms with Crippen LogP contribution in [0.5, 0.6) is 5.75 Å². The lowest BCUT2D eigenvalue weighted by molar-refractivity contribution is -0.176. The van der Waals surface area contributed by atoms with Gasteiger partial charge in [0.25, 0.3) is 0 Å². The molecule has 1 aromatic carbocycles. The van der Waals surface area contributed by atoms with Gasteiger partial charge in [0.2, 0.25) is 0 Å². The number of ether oxygens (including phenoxy) is 3. The van der Waals surface area contributed by atoms with Crippen molar-refractivity contribution < 1.29 is 24.1 Å². The molecule has 2 aliphatic heterocycles. The van der Waals surface area contributed by atoms with Gasteiger partial charge in [-0.3, -0.25) is 9.88 Å². The zero-order chi connectivity index (χ0) is 21.8. The molecule has 31 heavy (non-hydrogen) atoms. The maximum absolute atomic E-state index is 12.6. The Hall–Kier alpha value is -2.72. The molecule has 2 bridgehead atoms. The van der Waals surface area contributed by atoms with Gasteiger partial charge < -0.3 is 30.0 Å². The molecular formula is C22H28N4O5. The second kappa shape index (κ2) is 9.61. The van der Waals surface area contributed by atoms with Gasteiger partial charge in [-0.2, -0.15) is 0 Å². The van der Waals surface area contributed by atoms with E-state index < -0.39 is 36.6 Å². The van der Waals surface area contributed by atoms with Crippen LogP contribution in [0.2, 0.25) is 0 Å². The van der Waals surface area contributed by atoms with Crippen LogP contribution in [0, 0.1) is 0 Å². The molecule has 2 aliphatic rings. The first-order valence-electron chi connectivity index (χ1n) is 10.3. The third-order valence-electron chi connectivity index (χ3n) is 5.73. The summed E-state index contributed by atoms with van der Waals surface area (Å²) in [5, 5.41) is 16.7. The molecule has 166 valence electrons. The Bertz CT molecular complexity index is 866. The van der Waals surface area contributed by atoms with Crippen molar-refractivity contribution in [3.63, 3.8) is 0 Å². The van der Waals surface area contributed by atoms with Crippen molar-refractivity contribution in [2.75, 3.05) is 32.6 Å². The maximum atomic E-state index is 12.6. The molecule has 0 unspecified atom stereocenters. The van der Waals surface area contributed by atoms with E-state index in [0.717, 1.165) is 12.1 Å². The Morgan fingerprint density at radius 3 is 2.81 bits per heavy atom. The summed E-state index contributed by atoms with van der Waals surface area (Å²) in [5.41, 5.74) is 1.59. The summed E-state index contributed by atoms with van der Waals surface area (Å²) >= 11 is 0. The minimum Gasteiger partial charge on any atom is -0.497 e. The molecule has 5 atom stereocenters. The van der Waals surface area contributed by atoms with Crippen LogP contribution in [0.4, 0.5) is 10.5 Å². The Balaban J connectivity index is 1.37. The molecule has 0 radical (unpaired) electrons. The van der Waals surface area contributed by atoms with E-state index >= 15 is 0 Å². The predicted octanol–water partition coefficient (Wildman–Crippen LogP) is 1.24. The lowest BCUT2D eigenvalue weighted by Gasteiger charge is -2.42. The molecule has 3 heterocycles. The van der Waals surface area contributed by atoms with Gasteiger partial charge in [-0.25, -0.2) is 4.79 Å². The van der Waals surface area contributed by atoms with Crippen LogP contribution in [0.1, 0.15) is 5.69 Å². The number of carbonyl (C=O) groups is 1.